The molecule has 1 aromatic carbocycles. The Balaban J connectivity index is 1.70. The van der Waals surface area contributed by atoms with Crippen LogP contribution < -0.4 is 10.1 Å². The first-order valence-electron chi connectivity index (χ1n) is 10.7. The Morgan fingerprint density at radius 1 is 1.40 bits per heavy atom. The van der Waals surface area contributed by atoms with E-state index >= 15 is 0 Å². The minimum absolute atomic E-state index is 0.155. The van der Waals surface area contributed by atoms with Crippen LogP contribution in [0.1, 0.15) is 11.3 Å². The molecule has 3 heterocycles. The lowest BCUT2D eigenvalue weighted by molar-refractivity contribution is -0.250. The summed E-state index contributed by atoms with van der Waals surface area (Å²) in [5, 5.41) is 43.5. The Bertz CT molecular complexity index is 1200. The number of aliphatic hydroxyl groups is 3. The van der Waals surface area contributed by atoms with E-state index in [1.807, 2.05) is 0 Å². The van der Waals surface area contributed by atoms with Crippen molar-refractivity contribution in [2.75, 3.05) is 11.9 Å². The van der Waals surface area contributed by atoms with E-state index in [0.717, 1.165) is 0 Å². The molecule has 4 rings (SSSR count). The van der Waals surface area contributed by atoms with Gasteiger partial charge in [-0.05, 0) is 28.4 Å². The predicted octanol–water partition coefficient (Wildman–Crippen LogP) is 1.99. The van der Waals surface area contributed by atoms with E-state index in [2.05, 4.69) is 43.1 Å². The number of aromatic nitrogens is 3. The fourth-order valence-electron chi connectivity index (χ4n) is 4.04. The van der Waals surface area contributed by atoms with Crippen LogP contribution in [0.4, 0.5) is 5.69 Å². The van der Waals surface area contributed by atoms with Crippen LogP contribution in [0.2, 0.25) is 5.02 Å². The Labute approximate surface area is 213 Å². The van der Waals surface area contributed by atoms with Crippen molar-refractivity contribution in [3.05, 3.63) is 46.4 Å². The molecule has 0 saturated carbocycles. The van der Waals surface area contributed by atoms with Gasteiger partial charge in [0, 0.05) is 29.0 Å². The average molecular weight is 573 g/mol. The SMILES string of the molecule is [CH2+]C1C(Oc2c[nH]c3c(NC(Cc4cnc[nH]4)C(=O)O)c(C)c(Br)c(Cl)c23)OC(CO)C(O)C1O. The summed E-state index contributed by atoms with van der Waals surface area (Å²) < 4.78 is 12.1. The molecule has 6 unspecified atom stereocenters. The van der Waals surface area contributed by atoms with Crippen LogP contribution in [0, 0.1) is 19.8 Å². The smallest absolute Gasteiger partial charge is 0.326 e. The zero-order valence-electron chi connectivity index (χ0n) is 18.5. The number of aromatic amines is 2. The number of fused-ring (bicyclic) bond motifs is 1. The predicted molar refractivity (Wildman–Crippen MR) is 130 cm³/mol. The molecule has 188 valence electrons. The van der Waals surface area contributed by atoms with Gasteiger partial charge in [0.1, 0.15) is 30.1 Å². The van der Waals surface area contributed by atoms with Gasteiger partial charge in [0.05, 0.1) is 41.5 Å². The average Bonchev–Trinajstić information content (AvgIpc) is 3.50. The van der Waals surface area contributed by atoms with Crippen molar-refractivity contribution in [1.82, 2.24) is 15.0 Å². The Morgan fingerprint density at radius 2 is 2.14 bits per heavy atom. The second-order valence-corrected chi connectivity index (χ2v) is 9.51. The number of halogens is 2. The first kappa shape index (κ1) is 25.6. The van der Waals surface area contributed by atoms with Gasteiger partial charge in [0.25, 0.3) is 0 Å². The summed E-state index contributed by atoms with van der Waals surface area (Å²) >= 11 is 10.1. The molecule has 2 aromatic heterocycles. The summed E-state index contributed by atoms with van der Waals surface area (Å²) in [6, 6.07) is -0.981. The highest BCUT2D eigenvalue weighted by atomic mass is 79.9. The van der Waals surface area contributed by atoms with Gasteiger partial charge in [0.2, 0.25) is 6.29 Å². The lowest BCUT2D eigenvalue weighted by Crippen LogP contribution is -2.56. The van der Waals surface area contributed by atoms with E-state index in [9.17, 15) is 25.2 Å². The van der Waals surface area contributed by atoms with Crippen molar-refractivity contribution in [1.29, 1.82) is 0 Å². The molecule has 1 saturated heterocycles. The third kappa shape index (κ3) is 4.82. The van der Waals surface area contributed by atoms with Gasteiger partial charge in [-0.1, -0.05) is 11.6 Å². The lowest BCUT2D eigenvalue weighted by Gasteiger charge is -2.37. The molecule has 0 radical (unpaired) electrons. The van der Waals surface area contributed by atoms with Crippen LogP contribution in [0.3, 0.4) is 0 Å². The third-order valence-corrected chi connectivity index (χ3v) is 7.65. The molecule has 13 heteroatoms. The maximum absolute atomic E-state index is 12.0. The molecule has 11 nitrogen and oxygen atoms in total. The number of benzene rings is 1. The normalized spacial score (nSPS) is 25.5. The summed E-state index contributed by atoms with van der Waals surface area (Å²) in [6.07, 6.45) is -0.0276. The zero-order chi connectivity index (χ0) is 25.4. The Kier molecular flexibility index (Phi) is 7.50. The second kappa shape index (κ2) is 10.2. The van der Waals surface area contributed by atoms with Crippen molar-refractivity contribution < 1.29 is 34.7 Å². The van der Waals surface area contributed by atoms with E-state index < -0.39 is 49.1 Å². The number of carboxylic acids is 1. The summed E-state index contributed by atoms with van der Waals surface area (Å²) in [6.45, 7) is 5.09. The van der Waals surface area contributed by atoms with Gasteiger partial charge in [-0.3, -0.25) is 0 Å². The van der Waals surface area contributed by atoms with Crippen LogP contribution >= 0.6 is 27.5 Å². The number of nitrogens with one attached hydrogen (secondary N) is 3. The molecule has 0 aliphatic carbocycles. The van der Waals surface area contributed by atoms with E-state index in [1.54, 1.807) is 13.1 Å². The number of aliphatic carboxylic acids is 1. The maximum Gasteiger partial charge on any atom is 0.326 e. The first-order chi connectivity index (χ1) is 16.6. The van der Waals surface area contributed by atoms with Crippen molar-refractivity contribution >= 4 is 50.1 Å². The summed E-state index contributed by atoms with van der Waals surface area (Å²) in [5.74, 6) is -1.67. The second-order valence-electron chi connectivity index (χ2n) is 8.34. The van der Waals surface area contributed by atoms with Gasteiger partial charge in [-0.15, -0.1) is 0 Å². The van der Waals surface area contributed by atoms with E-state index in [-0.39, 0.29) is 12.2 Å². The molecule has 0 spiro atoms. The zero-order valence-corrected chi connectivity index (χ0v) is 20.9. The highest BCUT2D eigenvalue weighted by Gasteiger charge is 2.47. The number of carbonyl (C=O) groups is 1. The van der Waals surface area contributed by atoms with Crippen LogP contribution in [0.15, 0.2) is 23.2 Å². The molecule has 0 bridgehead atoms. The largest absolute Gasteiger partial charge is 0.480 e. The van der Waals surface area contributed by atoms with Gasteiger partial charge in [0.15, 0.2) is 5.92 Å². The number of ether oxygens (including phenoxy) is 2. The number of nitrogens with zero attached hydrogens (tertiary/aromatic N) is 1. The van der Waals surface area contributed by atoms with Crippen LogP contribution in [-0.4, -0.2) is 78.6 Å². The standard InChI is InChI=1S/C22H24BrClN4O7/c1-8-15(23)16(24)14-12(34-22-9(2)19(30)20(31)13(6-29)35-22)5-26-18(14)17(8)28-11(21(32)33)3-10-4-25-7-27-10/h4-5,7,9,11,13,19-20,22,26,28-31H,2-3,6H2,1H3,(H-,25,27,32,33)/p+1. The van der Waals surface area contributed by atoms with Crippen LogP contribution in [0.25, 0.3) is 10.9 Å². The topological polar surface area (TPSA) is 173 Å². The van der Waals surface area contributed by atoms with Gasteiger partial charge < -0.3 is 45.2 Å². The summed E-state index contributed by atoms with van der Waals surface area (Å²) in [7, 11) is 0. The van der Waals surface area contributed by atoms with Crippen molar-refractivity contribution in [2.45, 2.75) is 44.0 Å². The minimum atomic E-state index is -1.32. The molecular weight excluding hydrogens is 548 g/mol. The van der Waals surface area contributed by atoms with Crippen LogP contribution in [-0.2, 0) is 16.0 Å². The summed E-state index contributed by atoms with van der Waals surface area (Å²) in [4.78, 5) is 21.9. The number of aliphatic hydroxyl groups excluding tert-OH is 3. The number of rotatable bonds is 8. The minimum Gasteiger partial charge on any atom is -0.480 e. The number of anilines is 1. The molecule has 6 atom stereocenters. The monoisotopic (exact) mass is 571 g/mol. The first-order valence-corrected chi connectivity index (χ1v) is 11.9. The van der Waals surface area contributed by atoms with Gasteiger partial charge >= 0.3 is 5.97 Å². The van der Waals surface area contributed by atoms with Crippen molar-refractivity contribution in [3.8, 4) is 5.75 Å². The number of imidazole rings is 1. The molecule has 1 aliphatic rings. The summed E-state index contributed by atoms with van der Waals surface area (Å²) in [5.41, 5.74) is 2.32. The Hall–Kier alpha value is -2.48. The van der Waals surface area contributed by atoms with Crippen molar-refractivity contribution in [2.24, 2.45) is 5.92 Å². The van der Waals surface area contributed by atoms with Crippen LogP contribution in [0.5, 0.6) is 5.75 Å². The van der Waals surface area contributed by atoms with E-state index in [4.69, 9.17) is 21.1 Å². The molecular formula is C22H25BrClN4O7+. The maximum atomic E-state index is 12.0. The van der Waals surface area contributed by atoms with Crippen molar-refractivity contribution in [3.63, 3.8) is 0 Å². The number of H-pyrrole nitrogens is 2. The number of hydrogen-bond acceptors (Lipinski definition) is 8. The van der Waals surface area contributed by atoms with E-state index in [0.29, 0.717) is 37.3 Å². The lowest BCUT2D eigenvalue weighted by atomic mass is 9.92. The Morgan fingerprint density at radius 3 is 2.77 bits per heavy atom. The van der Waals surface area contributed by atoms with Gasteiger partial charge in [-0.2, -0.15) is 0 Å². The highest BCUT2D eigenvalue weighted by molar-refractivity contribution is 9.10. The molecule has 3 aromatic rings. The molecule has 35 heavy (non-hydrogen) atoms. The molecule has 1 aliphatic heterocycles. The molecule has 1 fully saturated rings. The number of hydrogen-bond donors (Lipinski definition) is 7. The third-order valence-electron chi connectivity index (χ3n) is 6.06. The van der Waals surface area contributed by atoms with Gasteiger partial charge in [-0.25, -0.2) is 9.78 Å². The van der Waals surface area contributed by atoms with E-state index in [1.165, 1.54) is 12.5 Å². The number of carboxylic acid groups (broad SMARTS) is 1. The quantitative estimate of drug-likeness (QED) is 0.199. The molecule has 0 amide bonds. The fraction of sp³-hybridized carbons (Fsp3) is 0.409. The molecule has 7 N–H and O–H groups in total. The highest BCUT2D eigenvalue weighted by Crippen LogP contribution is 2.45. The fourth-order valence-corrected chi connectivity index (χ4v) is 4.76.